The van der Waals surface area contributed by atoms with Gasteiger partial charge in [0.15, 0.2) is 0 Å². The molecule has 0 aromatic carbocycles. The highest BCUT2D eigenvalue weighted by Crippen LogP contribution is 2.10. The minimum Gasteiger partial charge on any atom is -0.379 e. The first-order valence-corrected chi connectivity index (χ1v) is 20.2. The van der Waals surface area contributed by atoms with Gasteiger partial charge in [0, 0.05) is 32.6 Å². The lowest BCUT2D eigenvalue weighted by atomic mass is 10.1. The Labute approximate surface area is 330 Å². The summed E-state index contributed by atoms with van der Waals surface area (Å²) in [6.07, 6.45) is 39.3. The Morgan fingerprint density at radius 3 is 1.31 bits per heavy atom. The lowest BCUT2D eigenvalue weighted by molar-refractivity contribution is -0.0700. The molecule has 7 heteroatoms. The van der Waals surface area contributed by atoms with Crippen molar-refractivity contribution < 1.29 is 28.4 Å². The van der Waals surface area contributed by atoms with E-state index in [-0.39, 0.29) is 6.10 Å². The van der Waals surface area contributed by atoms with Crippen molar-refractivity contribution in [1.29, 1.82) is 0 Å². The second kappa shape index (κ2) is 47.6. The van der Waals surface area contributed by atoms with Crippen LogP contribution in [0.1, 0.15) is 116 Å². The fourth-order valence-electron chi connectivity index (χ4n) is 4.94. The van der Waals surface area contributed by atoms with Crippen LogP contribution in [0.2, 0.25) is 0 Å². The van der Waals surface area contributed by atoms with Crippen LogP contribution in [-0.4, -0.2) is 85.3 Å². The summed E-state index contributed by atoms with van der Waals surface area (Å²) < 4.78 is 34.5. The number of allylic oxidation sites excluding steroid dienone is 4. The largest absolute Gasteiger partial charge is 0.379 e. The smallest absolute Gasteiger partial charge is 0.104 e. The Balaban J connectivity index is 4.07. The topological polar surface area (TPSA) is 81.4 Å². The van der Waals surface area contributed by atoms with E-state index in [9.17, 15) is 0 Å². The van der Waals surface area contributed by atoms with Gasteiger partial charge >= 0.3 is 0 Å². The van der Waals surface area contributed by atoms with Crippen molar-refractivity contribution in [3.05, 3.63) is 24.3 Å². The Hall–Kier alpha value is -3.44. The first-order valence-electron chi connectivity index (χ1n) is 20.2. The van der Waals surface area contributed by atoms with Gasteiger partial charge in [-0.15, -0.1) is 12.8 Å². The predicted molar refractivity (Wildman–Crippen MR) is 223 cm³/mol. The highest BCUT2D eigenvalue weighted by Gasteiger charge is 2.10. The lowest BCUT2D eigenvalue weighted by Gasteiger charge is -2.18. The summed E-state index contributed by atoms with van der Waals surface area (Å²) in [5, 5.41) is 0. The summed E-state index contributed by atoms with van der Waals surface area (Å²) in [7, 11) is 0. The number of ether oxygens (including phenoxy) is 6. The van der Waals surface area contributed by atoms with Crippen molar-refractivity contribution in [2.75, 3.05) is 79.2 Å². The Bertz CT molecular complexity index is 1230. The van der Waals surface area contributed by atoms with Crippen LogP contribution in [0.3, 0.4) is 0 Å². The molecule has 7 nitrogen and oxygen atoms in total. The SMILES string of the molecule is C#CC#CC#CCC/C=C\CCCCCCCCOCC(COCCOCCOCCOCCN)OCCCCCCCC/C=C\CCC#CC#CC#C. The van der Waals surface area contributed by atoms with Crippen molar-refractivity contribution in [2.24, 2.45) is 5.73 Å². The molecule has 0 saturated heterocycles. The van der Waals surface area contributed by atoms with Crippen molar-refractivity contribution in [1.82, 2.24) is 0 Å². The van der Waals surface area contributed by atoms with E-state index in [1.54, 1.807) is 0 Å². The number of nitrogens with two attached hydrogens (primary N) is 1. The molecule has 0 rings (SSSR count). The molecule has 0 aromatic heterocycles. The van der Waals surface area contributed by atoms with Gasteiger partial charge in [0.2, 0.25) is 0 Å². The Morgan fingerprint density at radius 1 is 0.407 bits per heavy atom. The maximum Gasteiger partial charge on any atom is 0.104 e. The van der Waals surface area contributed by atoms with E-state index >= 15 is 0 Å². The van der Waals surface area contributed by atoms with E-state index in [4.69, 9.17) is 47.0 Å². The third kappa shape index (κ3) is 44.7. The fraction of sp³-hybridized carbons (Fsp3) is 0.660. The number of hydrogen-bond donors (Lipinski definition) is 1. The second-order valence-corrected chi connectivity index (χ2v) is 12.5. The molecular formula is C47H69NO6. The lowest BCUT2D eigenvalue weighted by Crippen LogP contribution is -2.27. The van der Waals surface area contributed by atoms with E-state index in [1.807, 2.05) is 0 Å². The first kappa shape index (κ1) is 50.6. The van der Waals surface area contributed by atoms with Gasteiger partial charge in [-0.2, -0.15) is 0 Å². The summed E-state index contributed by atoms with van der Waals surface area (Å²) in [6.45, 7) is 6.80. The number of unbranched alkanes of at least 4 members (excludes halogenated alkanes) is 14. The maximum atomic E-state index is 6.21. The predicted octanol–water partition coefficient (Wildman–Crippen LogP) is 7.83. The summed E-state index contributed by atoms with van der Waals surface area (Å²) in [4.78, 5) is 0. The average Bonchev–Trinajstić information content (AvgIpc) is 3.18. The molecule has 0 bridgehead atoms. The van der Waals surface area contributed by atoms with Crippen LogP contribution in [0, 0.1) is 72.1 Å². The van der Waals surface area contributed by atoms with Gasteiger partial charge in [0.25, 0.3) is 0 Å². The molecule has 0 amide bonds. The quantitative estimate of drug-likeness (QED) is 0.0393. The molecule has 2 N–H and O–H groups in total. The standard InChI is InChI=1S/C47H69NO6/c1-3-5-7-9-11-13-15-17-19-21-23-25-27-29-31-33-36-52-45-47(46-53-44-43-51-42-41-50-40-39-49-38-35-48)54-37-34-32-30-28-26-24-22-20-18-16-14-12-10-8-6-4-2/h1-2,17-20,47H,13-16,21-46,48H2/b19-17-,20-18-. The maximum absolute atomic E-state index is 6.21. The number of rotatable bonds is 38. The monoisotopic (exact) mass is 744 g/mol. The molecule has 0 aromatic rings. The van der Waals surface area contributed by atoms with Gasteiger partial charge in [0.1, 0.15) is 6.10 Å². The van der Waals surface area contributed by atoms with Gasteiger partial charge in [0.05, 0.1) is 59.5 Å². The van der Waals surface area contributed by atoms with Crippen LogP contribution < -0.4 is 5.73 Å². The van der Waals surface area contributed by atoms with E-state index in [0.29, 0.717) is 66.0 Å². The van der Waals surface area contributed by atoms with Crippen molar-refractivity contribution in [3.8, 4) is 72.1 Å². The zero-order chi connectivity index (χ0) is 38.9. The summed E-state index contributed by atoms with van der Waals surface area (Å²) >= 11 is 0. The van der Waals surface area contributed by atoms with Gasteiger partial charge in [-0.25, -0.2) is 0 Å². The van der Waals surface area contributed by atoms with E-state index < -0.39 is 0 Å². The highest BCUT2D eigenvalue weighted by molar-refractivity contribution is 5.34. The summed E-state index contributed by atoms with van der Waals surface area (Å²) in [5.74, 6) is 26.3. The average molecular weight is 744 g/mol. The normalized spacial score (nSPS) is 11.0. The highest BCUT2D eigenvalue weighted by atomic mass is 16.6. The van der Waals surface area contributed by atoms with E-state index in [1.165, 1.54) is 64.2 Å². The van der Waals surface area contributed by atoms with E-state index in [0.717, 1.165) is 64.6 Å². The van der Waals surface area contributed by atoms with Gasteiger partial charge in [-0.3, -0.25) is 0 Å². The molecular weight excluding hydrogens is 675 g/mol. The van der Waals surface area contributed by atoms with Crippen molar-refractivity contribution >= 4 is 0 Å². The first-order chi connectivity index (χ1) is 26.8. The zero-order valence-corrected chi connectivity index (χ0v) is 33.3. The Kier molecular flexibility index (Phi) is 44.5. The fourth-order valence-corrected chi connectivity index (χ4v) is 4.94. The third-order valence-electron chi connectivity index (χ3n) is 7.79. The summed E-state index contributed by atoms with van der Waals surface area (Å²) in [6, 6.07) is 0. The molecule has 0 spiro atoms. The van der Waals surface area contributed by atoms with Crippen LogP contribution in [0.15, 0.2) is 24.3 Å². The summed E-state index contributed by atoms with van der Waals surface area (Å²) in [5.41, 5.74) is 5.40. The van der Waals surface area contributed by atoms with Crippen LogP contribution in [-0.2, 0) is 28.4 Å². The molecule has 1 unspecified atom stereocenters. The van der Waals surface area contributed by atoms with Crippen molar-refractivity contribution in [3.63, 3.8) is 0 Å². The Morgan fingerprint density at radius 2 is 0.815 bits per heavy atom. The molecule has 298 valence electrons. The van der Waals surface area contributed by atoms with Gasteiger partial charge in [-0.05, 0) is 98.7 Å². The molecule has 1 atom stereocenters. The molecule has 0 radical (unpaired) electrons. The van der Waals surface area contributed by atoms with Gasteiger partial charge in [-0.1, -0.05) is 87.5 Å². The molecule has 0 heterocycles. The van der Waals surface area contributed by atoms with E-state index in [2.05, 4.69) is 83.5 Å². The van der Waals surface area contributed by atoms with Crippen LogP contribution in [0.25, 0.3) is 0 Å². The zero-order valence-electron chi connectivity index (χ0n) is 33.3. The van der Waals surface area contributed by atoms with Gasteiger partial charge < -0.3 is 34.2 Å². The van der Waals surface area contributed by atoms with Crippen molar-refractivity contribution in [2.45, 2.75) is 122 Å². The molecule has 0 saturated carbocycles. The molecule has 0 aliphatic rings. The molecule has 0 aliphatic carbocycles. The van der Waals surface area contributed by atoms with Crippen LogP contribution in [0.5, 0.6) is 0 Å². The molecule has 0 fully saturated rings. The second-order valence-electron chi connectivity index (χ2n) is 12.5. The third-order valence-corrected chi connectivity index (χ3v) is 7.79. The minimum absolute atomic E-state index is 0.0715. The number of terminal acetylenes is 2. The number of hydrogen-bond acceptors (Lipinski definition) is 7. The van der Waals surface area contributed by atoms with Crippen LogP contribution in [0.4, 0.5) is 0 Å². The molecule has 54 heavy (non-hydrogen) atoms. The van der Waals surface area contributed by atoms with Crippen LogP contribution >= 0.6 is 0 Å². The minimum atomic E-state index is -0.0715. The molecule has 0 aliphatic heterocycles.